The molecule has 0 atom stereocenters. The maximum absolute atomic E-state index is 12.4. The van der Waals surface area contributed by atoms with E-state index >= 15 is 0 Å². The van der Waals surface area contributed by atoms with Crippen molar-refractivity contribution in [2.45, 2.75) is 26.8 Å². The standard InChI is InChI=1S/C17H21Cl2N3O3/c1-11(2)3-5-25-6-4-20-15(23)9-22-10-21-16-13(17(22)24)7-12(18)8-14(16)19/h7-8,10-11H,3-6,9H2,1-2H3,(H,20,23). The summed E-state index contributed by atoms with van der Waals surface area (Å²) in [4.78, 5) is 28.6. The highest BCUT2D eigenvalue weighted by Gasteiger charge is 2.11. The number of aromatic nitrogens is 2. The van der Waals surface area contributed by atoms with Crippen LogP contribution in [0.5, 0.6) is 0 Å². The Labute approximate surface area is 156 Å². The molecular formula is C17H21Cl2N3O3. The molecule has 0 aliphatic heterocycles. The summed E-state index contributed by atoms with van der Waals surface area (Å²) in [7, 11) is 0. The highest BCUT2D eigenvalue weighted by molar-refractivity contribution is 6.38. The number of hydrogen-bond donors (Lipinski definition) is 1. The van der Waals surface area contributed by atoms with Gasteiger partial charge >= 0.3 is 0 Å². The van der Waals surface area contributed by atoms with Gasteiger partial charge in [0.25, 0.3) is 5.56 Å². The zero-order chi connectivity index (χ0) is 18.4. The van der Waals surface area contributed by atoms with Gasteiger partial charge in [-0.25, -0.2) is 4.98 Å². The Morgan fingerprint density at radius 3 is 2.80 bits per heavy atom. The molecule has 6 nitrogen and oxygen atoms in total. The number of carbonyl (C=O) groups is 1. The van der Waals surface area contributed by atoms with Crippen molar-refractivity contribution in [1.82, 2.24) is 14.9 Å². The Hall–Kier alpha value is -1.63. The van der Waals surface area contributed by atoms with Crippen molar-refractivity contribution in [3.63, 3.8) is 0 Å². The molecule has 1 N–H and O–H groups in total. The fraction of sp³-hybridized carbons (Fsp3) is 0.471. The predicted molar refractivity (Wildman–Crippen MR) is 99.3 cm³/mol. The van der Waals surface area contributed by atoms with Gasteiger partial charge in [0.05, 0.1) is 28.9 Å². The van der Waals surface area contributed by atoms with Crippen LogP contribution in [0.3, 0.4) is 0 Å². The van der Waals surface area contributed by atoms with Crippen LogP contribution in [-0.2, 0) is 16.1 Å². The van der Waals surface area contributed by atoms with E-state index in [0.717, 1.165) is 6.42 Å². The summed E-state index contributed by atoms with van der Waals surface area (Å²) in [5.74, 6) is 0.299. The van der Waals surface area contributed by atoms with Crippen LogP contribution in [0.4, 0.5) is 0 Å². The van der Waals surface area contributed by atoms with E-state index in [1.54, 1.807) is 0 Å². The van der Waals surface area contributed by atoms with Crippen LogP contribution in [0, 0.1) is 5.92 Å². The lowest BCUT2D eigenvalue weighted by atomic mass is 10.1. The van der Waals surface area contributed by atoms with Crippen molar-refractivity contribution in [1.29, 1.82) is 0 Å². The Bertz CT molecular complexity index is 806. The number of amides is 1. The smallest absolute Gasteiger partial charge is 0.261 e. The fourth-order valence-electron chi connectivity index (χ4n) is 2.20. The second-order valence-corrected chi connectivity index (χ2v) is 6.95. The summed E-state index contributed by atoms with van der Waals surface area (Å²) in [6, 6.07) is 3.02. The number of fused-ring (bicyclic) bond motifs is 1. The molecule has 0 bridgehead atoms. The van der Waals surface area contributed by atoms with Gasteiger partial charge in [-0.05, 0) is 24.5 Å². The third-order valence-electron chi connectivity index (χ3n) is 3.57. The van der Waals surface area contributed by atoms with Crippen LogP contribution in [0.1, 0.15) is 20.3 Å². The molecule has 0 saturated carbocycles. The minimum Gasteiger partial charge on any atom is -0.380 e. The average Bonchev–Trinajstić information content (AvgIpc) is 2.53. The number of hydrogen-bond acceptors (Lipinski definition) is 4. The van der Waals surface area contributed by atoms with Crippen molar-refractivity contribution < 1.29 is 9.53 Å². The van der Waals surface area contributed by atoms with E-state index in [-0.39, 0.29) is 23.4 Å². The maximum atomic E-state index is 12.4. The molecule has 1 amide bonds. The lowest BCUT2D eigenvalue weighted by molar-refractivity contribution is -0.121. The quantitative estimate of drug-likeness (QED) is 0.708. The second kappa shape index (κ2) is 9.17. The minimum atomic E-state index is -0.363. The normalized spacial score (nSPS) is 11.2. The maximum Gasteiger partial charge on any atom is 0.261 e. The molecule has 0 aliphatic rings. The third kappa shape index (κ3) is 5.70. The van der Waals surface area contributed by atoms with E-state index in [2.05, 4.69) is 24.1 Å². The van der Waals surface area contributed by atoms with Crippen molar-refractivity contribution >= 4 is 40.0 Å². The highest BCUT2D eigenvalue weighted by atomic mass is 35.5. The van der Waals surface area contributed by atoms with E-state index in [4.69, 9.17) is 27.9 Å². The molecular weight excluding hydrogens is 365 g/mol. The number of nitrogens with one attached hydrogen (secondary N) is 1. The Kier molecular flexibility index (Phi) is 7.23. The zero-order valence-corrected chi connectivity index (χ0v) is 15.7. The molecule has 0 saturated heterocycles. The number of ether oxygens (including phenoxy) is 1. The summed E-state index contributed by atoms with van der Waals surface area (Å²) in [6.07, 6.45) is 2.29. The van der Waals surface area contributed by atoms with Gasteiger partial charge in [-0.15, -0.1) is 0 Å². The molecule has 25 heavy (non-hydrogen) atoms. The first-order chi connectivity index (χ1) is 11.9. The number of nitrogens with zero attached hydrogens (tertiary/aromatic N) is 2. The van der Waals surface area contributed by atoms with Crippen molar-refractivity contribution in [2.75, 3.05) is 19.8 Å². The number of halogens is 2. The van der Waals surface area contributed by atoms with E-state index in [9.17, 15) is 9.59 Å². The van der Waals surface area contributed by atoms with Crippen LogP contribution in [0.2, 0.25) is 10.0 Å². The summed E-state index contributed by atoms with van der Waals surface area (Å²) < 4.78 is 6.65. The summed E-state index contributed by atoms with van der Waals surface area (Å²) in [5, 5.41) is 3.64. The molecule has 1 aromatic heterocycles. The summed E-state index contributed by atoms with van der Waals surface area (Å²) in [5.41, 5.74) is 0.00371. The fourth-order valence-corrected chi connectivity index (χ4v) is 2.74. The number of rotatable bonds is 8. The van der Waals surface area contributed by atoms with Gasteiger partial charge in [0.2, 0.25) is 5.91 Å². The Morgan fingerprint density at radius 1 is 1.32 bits per heavy atom. The molecule has 1 aromatic carbocycles. The lowest BCUT2D eigenvalue weighted by Gasteiger charge is -2.09. The van der Waals surface area contributed by atoms with Gasteiger partial charge in [-0.1, -0.05) is 37.0 Å². The first-order valence-corrected chi connectivity index (χ1v) is 8.82. The highest BCUT2D eigenvalue weighted by Crippen LogP contribution is 2.23. The van der Waals surface area contributed by atoms with Crippen LogP contribution >= 0.6 is 23.2 Å². The first-order valence-electron chi connectivity index (χ1n) is 8.07. The average molecular weight is 386 g/mol. The van der Waals surface area contributed by atoms with Gasteiger partial charge in [0.15, 0.2) is 0 Å². The van der Waals surface area contributed by atoms with Crippen molar-refractivity contribution in [2.24, 2.45) is 5.92 Å². The Balaban J connectivity index is 1.93. The largest absolute Gasteiger partial charge is 0.380 e. The van der Waals surface area contributed by atoms with Gasteiger partial charge in [-0.2, -0.15) is 0 Å². The van der Waals surface area contributed by atoms with Crippen molar-refractivity contribution in [3.05, 3.63) is 38.9 Å². The van der Waals surface area contributed by atoms with E-state index in [0.29, 0.717) is 41.2 Å². The van der Waals surface area contributed by atoms with Crippen molar-refractivity contribution in [3.8, 4) is 0 Å². The molecule has 1 heterocycles. The number of carbonyl (C=O) groups excluding carboxylic acids is 1. The second-order valence-electron chi connectivity index (χ2n) is 6.11. The van der Waals surface area contributed by atoms with Gasteiger partial charge in [0, 0.05) is 18.2 Å². The molecule has 2 aromatic rings. The molecule has 8 heteroatoms. The van der Waals surface area contributed by atoms with Crippen LogP contribution < -0.4 is 10.9 Å². The van der Waals surface area contributed by atoms with Gasteiger partial charge in [0.1, 0.15) is 6.54 Å². The van der Waals surface area contributed by atoms with Crippen LogP contribution in [0.25, 0.3) is 10.9 Å². The van der Waals surface area contributed by atoms with Gasteiger partial charge < -0.3 is 10.1 Å². The molecule has 0 unspecified atom stereocenters. The molecule has 0 radical (unpaired) electrons. The van der Waals surface area contributed by atoms with Crippen LogP contribution in [-0.4, -0.2) is 35.2 Å². The molecule has 0 spiro atoms. The van der Waals surface area contributed by atoms with Gasteiger partial charge in [-0.3, -0.25) is 14.2 Å². The lowest BCUT2D eigenvalue weighted by Crippen LogP contribution is -2.34. The molecule has 0 aliphatic carbocycles. The zero-order valence-electron chi connectivity index (χ0n) is 14.2. The summed E-state index contributed by atoms with van der Waals surface area (Å²) >= 11 is 12.0. The monoisotopic (exact) mass is 385 g/mol. The Morgan fingerprint density at radius 2 is 2.08 bits per heavy atom. The molecule has 0 fully saturated rings. The molecule has 136 valence electrons. The first kappa shape index (κ1) is 19.7. The molecule has 2 rings (SSSR count). The summed E-state index contributed by atoms with van der Waals surface area (Å²) in [6.45, 7) is 5.63. The topological polar surface area (TPSA) is 73.2 Å². The minimum absolute atomic E-state index is 0.127. The van der Waals surface area contributed by atoms with Crippen LogP contribution in [0.15, 0.2) is 23.3 Å². The third-order valence-corrected chi connectivity index (χ3v) is 4.07. The van der Waals surface area contributed by atoms with E-state index in [1.807, 2.05) is 0 Å². The predicted octanol–water partition coefficient (Wildman–Crippen LogP) is 2.88. The van der Waals surface area contributed by atoms with E-state index < -0.39 is 0 Å². The van der Waals surface area contributed by atoms with E-state index in [1.165, 1.54) is 23.0 Å². The SMILES string of the molecule is CC(C)CCOCCNC(=O)Cn1cnc2c(Cl)cc(Cl)cc2c1=O. The number of benzene rings is 1.